The maximum absolute atomic E-state index is 13.0. The molecule has 1 aromatic rings. The Labute approximate surface area is 122 Å². The van der Waals surface area contributed by atoms with Gasteiger partial charge in [0.25, 0.3) is 0 Å². The molecule has 0 bridgehead atoms. The number of halogens is 2. The van der Waals surface area contributed by atoms with Crippen LogP contribution in [0.15, 0.2) is 22.7 Å². The van der Waals surface area contributed by atoms with Gasteiger partial charge in [-0.25, -0.2) is 4.39 Å². The van der Waals surface area contributed by atoms with E-state index in [2.05, 4.69) is 21.2 Å². The Morgan fingerprint density at radius 1 is 1.26 bits per heavy atom. The van der Waals surface area contributed by atoms with Crippen molar-refractivity contribution in [3.8, 4) is 0 Å². The summed E-state index contributed by atoms with van der Waals surface area (Å²) in [4.78, 5) is 0. The summed E-state index contributed by atoms with van der Waals surface area (Å²) in [5.74, 6) is -0.246. The van der Waals surface area contributed by atoms with Crippen LogP contribution in [0.2, 0.25) is 0 Å². The first-order valence-electron chi connectivity index (χ1n) is 6.50. The quantitative estimate of drug-likeness (QED) is 0.737. The van der Waals surface area contributed by atoms with Gasteiger partial charge >= 0.3 is 0 Å². The fourth-order valence-electron chi connectivity index (χ4n) is 1.77. The van der Waals surface area contributed by atoms with Gasteiger partial charge in [-0.1, -0.05) is 22.0 Å². The minimum atomic E-state index is -0.253. The van der Waals surface area contributed by atoms with Crippen LogP contribution in [-0.4, -0.2) is 26.0 Å². The van der Waals surface area contributed by atoms with Crippen molar-refractivity contribution in [1.29, 1.82) is 0 Å². The highest BCUT2D eigenvalue weighted by molar-refractivity contribution is 9.10. The molecule has 1 unspecified atom stereocenters. The van der Waals surface area contributed by atoms with Crippen LogP contribution in [0.5, 0.6) is 0 Å². The number of ether oxygens (including phenoxy) is 2. The predicted molar refractivity (Wildman–Crippen MR) is 77.6 cm³/mol. The van der Waals surface area contributed by atoms with Gasteiger partial charge in [0.15, 0.2) is 6.29 Å². The summed E-state index contributed by atoms with van der Waals surface area (Å²) in [6, 6.07) is 4.78. The molecule has 1 atom stereocenters. The Morgan fingerprint density at radius 3 is 2.42 bits per heavy atom. The van der Waals surface area contributed by atoms with Crippen molar-refractivity contribution in [2.75, 3.05) is 19.8 Å². The highest BCUT2D eigenvalue weighted by Crippen LogP contribution is 2.24. The summed E-state index contributed by atoms with van der Waals surface area (Å²) in [6.07, 6.45) is -0.253. The van der Waals surface area contributed by atoms with Crippen molar-refractivity contribution < 1.29 is 13.9 Å². The van der Waals surface area contributed by atoms with E-state index in [1.54, 1.807) is 6.07 Å². The summed E-state index contributed by atoms with van der Waals surface area (Å²) in [6.45, 7) is 7.71. The second-order valence-corrected chi connectivity index (χ2v) is 4.99. The molecule has 3 nitrogen and oxygen atoms in total. The first kappa shape index (κ1) is 16.6. The Kier molecular flexibility index (Phi) is 7.53. The largest absolute Gasteiger partial charge is 0.352 e. The SMILES string of the molecule is CCOC(CNC(C)c1ccc(F)cc1Br)OCC. The molecule has 1 aromatic carbocycles. The summed E-state index contributed by atoms with van der Waals surface area (Å²) < 4.78 is 24.7. The molecular formula is C14H21BrFNO2. The van der Waals surface area contributed by atoms with Gasteiger partial charge in [-0.3, -0.25) is 0 Å². The Bertz CT molecular complexity index is 384. The Hall–Kier alpha value is -0.490. The minimum Gasteiger partial charge on any atom is -0.352 e. The Morgan fingerprint density at radius 2 is 1.89 bits per heavy atom. The second-order valence-electron chi connectivity index (χ2n) is 4.14. The van der Waals surface area contributed by atoms with E-state index in [-0.39, 0.29) is 18.1 Å². The lowest BCUT2D eigenvalue weighted by Crippen LogP contribution is -2.33. The molecule has 108 valence electrons. The van der Waals surface area contributed by atoms with Gasteiger partial charge in [-0.15, -0.1) is 0 Å². The average Bonchev–Trinajstić information content (AvgIpc) is 2.36. The van der Waals surface area contributed by atoms with Gasteiger partial charge in [0.2, 0.25) is 0 Å². The van der Waals surface area contributed by atoms with Crippen molar-refractivity contribution >= 4 is 15.9 Å². The van der Waals surface area contributed by atoms with Crippen LogP contribution in [0.1, 0.15) is 32.4 Å². The van der Waals surface area contributed by atoms with Crippen LogP contribution in [0.4, 0.5) is 4.39 Å². The number of rotatable bonds is 8. The molecule has 0 spiro atoms. The lowest BCUT2D eigenvalue weighted by molar-refractivity contribution is -0.133. The standard InChI is InChI=1S/C14H21BrFNO2/c1-4-18-14(19-5-2)9-17-10(3)12-7-6-11(16)8-13(12)15/h6-8,10,14,17H,4-5,9H2,1-3H3. The smallest absolute Gasteiger partial charge is 0.169 e. The molecule has 0 radical (unpaired) electrons. The van der Waals surface area contributed by atoms with E-state index in [0.29, 0.717) is 19.8 Å². The zero-order chi connectivity index (χ0) is 14.3. The van der Waals surface area contributed by atoms with Crippen molar-refractivity contribution in [3.05, 3.63) is 34.1 Å². The van der Waals surface area contributed by atoms with Crippen molar-refractivity contribution in [1.82, 2.24) is 5.32 Å². The van der Waals surface area contributed by atoms with Crippen molar-refractivity contribution in [3.63, 3.8) is 0 Å². The van der Waals surface area contributed by atoms with E-state index in [4.69, 9.17) is 9.47 Å². The second kappa shape index (κ2) is 8.64. The average molecular weight is 334 g/mol. The maximum atomic E-state index is 13.0. The van der Waals surface area contributed by atoms with E-state index >= 15 is 0 Å². The van der Waals surface area contributed by atoms with Crippen LogP contribution in [-0.2, 0) is 9.47 Å². The third-order valence-electron chi connectivity index (χ3n) is 2.72. The maximum Gasteiger partial charge on any atom is 0.169 e. The molecule has 0 saturated carbocycles. The molecular weight excluding hydrogens is 313 g/mol. The van der Waals surface area contributed by atoms with E-state index in [9.17, 15) is 4.39 Å². The topological polar surface area (TPSA) is 30.5 Å². The number of benzene rings is 1. The summed E-state index contributed by atoms with van der Waals surface area (Å²) in [5, 5.41) is 3.33. The first-order valence-corrected chi connectivity index (χ1v) is 7.29. The minimum absolute atomic E-state index is 0.0818. The lowest BCUT2D eigenvalue weighted by Gasteiger charge is -2.21. The normalized spacial score (nSPS) is 12.9. The molecule has 0 aromatic heterocycles. The molecule has 0 amide bonds. The molecule has 1 N–H and O–H groups in total. The molecule has 1 rings (SSSR count). The first-order chi connectivity index (χ1) is 9.08. The van der Waals surface area contributed by atoms with E-state index in [0.717, 1.165) is 10.0 Å². The van der Waals surface area contributed by atoms with Crippen LogP contribution in [0.3, 0.4) is 0 Å². The van der Waals surface area contributed by atoms with Crippen molar-refractivity contribution in [2.24, 2.45) is 0 Å². The van der Waals surface area contributed by atoms with Gasteiger partial charge in [0.05, 0.1) is 0 Å². The summed E-state index contributed by atoms with van der Waals surface area (Å²) >= 11 is 3.37. The molecule has 0 fully saturated rings. The van der Waals surface area contributed by atoms with Crippen molar-refractivity contribution in [2.45, 2.75) is 33.1 Å². The van der Waals surface area contributed by atoms with E-state index in [1.165, 1.54) is 12.1 Å². The van der Waals surface area contributed by atoms with Crippen LogP contribution < -0.4 is 5.32 Å². The number of nitrogens with one attached hydrogen (secondary N) is 1. The number of hydrogen-bond acceptors (Lipinski definition) is 3. The van der Waals surface area contributed by atoms with Crippen LogP contribution >= 0.6 is 15.9 Å². The molecule has 0 aliphatic rings. The highest BCUT2D eigenvalue weighted by Gasteiger charge is 2.13. The van der Waals surface area contributed by atoms with Gasteiger partial charge < -0.3 is 14.8 Å². The van der Waals surface area contributed by atoms with E-state index in [1.807, 2.05) is 20.8 Å². The van der Waals surface area contributed by atoms with Gasteiger partial charge in [0, 0.05) is 30.3 Å². The molecule has 5 heteroatoms. The zero-order valence-electron chi connectivity index (χ0n) is 11.6. The molecule has 0 heterocycles. The fraction of sp³-hybridized carbons (Fsp3) is 0.571. The van der Waals surface area contributed by atoms with Crippen LogP contribution in [0, 0.1) is 5.82 Å². The van der Waals surface area contributed by atoms with Crippen LogP contribution in [0.25, 0.3) is 0 Å². The molecule has 19 heavy (non-hydrogen) atoms. The molecule has 0 aliphatic heterocycles. The summed E-state index contributed by atoms with van der Waals surface area (Å²) in [5.41, 5.74) is 1.01. The Balaban J connectivity index is 2.55. The molecule has 0 saturated heterocycles. The lowest BCUT2D eigenvalue weighted by atomic mass is 10.1. The van der Waals surface area contributed by atoms with E-state index < -0.39 is 0 Å². The van der Waals surface area contributed by atoms with Gasteiger partial charge in [-0.05, 0) is 38.5 Å². The fourth-order valence-corrected chi connectivity index (χ4v) is 2.47. The monoisotopic (exact) mass is 333 g/mol. The highest BCUT2D eigenvalue weighted by atomic mass is 79.9. The summed E-state index contributed by atoms with van der Waals surface area (Å²) in [7, 11) is 0. The van der Waals surface area contributed by atoms with Gasteiger partial charge in [-0.2, -0.15) is 0 Å². The van der Waals surface area contributed by atoms with Gasteiger partial charge in [0.1, 0.15) is 5.82 Å². The molecule has 0 aliphatic carbocycles. The third-order valence-corrected chi connectivity index (χ3v) is 3.41. The predicted octanol–water partition coefficient (Wildman–Crippen LogP) is 3.64. The third kappa shape index (κ3) is 5.57. The zero-order valence-corrected chi connectivity index (χ0v) is 13.2. The number of hydrogen-bond donors (Lipinski definition) is 1.